The minimum Gasteiger partial charge on any atom is -0.451 e. The van der Waals surface area contributed by atoms with Gasteiger partial charge in [0.05, 0.1) is 11.2 Å². The molecule has 3 unspecified atom stereocenters. The normalized spacial score (nSPS) is 17.1. The average molecular weight is 913 g/mol. The summed E-state index contributed by atoms with van der Waals surface area (Å²) in [5.41, 5.74) is 17.1. The van der Waals surface area contributed by atoms with Crippen LogP contribution in [0.4, 0.5) is 34.3 Å². The van der Waals surface area contributed by atoms with E-state index in [9.17, 15) is 0 Å². The van der Waals surface area contributed by atoms with Gasteiger partial charge in [0.1, 0.15) is 0 Å². The molecule has 5 heteroatoms. The summed E-state index contributed by atoms with van der Waals surface area (Å²) < 4.78 is 11.7. The second-order valence-electron chi connectivity index (χ2n) is 19.8. The molecule has 0 N–H and O–H groups in total. The molecular formula is C66H48N4O. The van der Waals surface area contributed by atoms with Gasteiger partial charge in [-0.05, 0) is 184 Å². The topological polar surface area (TPSA) is 25.6 Å². The van der Waals surface area contributed by atoms with Crippen LogP contribution in [0.3, 0.4) is 0 Å². The molecule has 0 spiro atoms. The van der Waals surface area contributed by atoms with Crippen molar-refractivity contribution in [3.63, 3.8) is 0 Å². The van der Waals surface area contributed by atoms with E-state index in [0.717, 1.165) is 68.8 Å². The van der Waals surface area contributed by atoms with Gasteiger partial charge in [0.15, 0.2) is 17.3 Å². The molecule has 4 aliphatic rings. The van der Waals surface area contributed by atoms with Crippen molar-refractivity contribution in [2.75, 3.05) is 9.80 Å². The Morgan fingerprint density at radius 3 is 1.96 bits per heavy atom. The van der Waals surface area contributed by atoms with Crippen LogP contribution in [0.1, 0.15) is 41.8 Å². The Hall–Kier alpha value is -8.80. The van der Waals surface area contributed by atoms with Crippen LogP contribution in [0.5, 0.6) is 11.5 Å². The number of nitrogens with zero attached hydrogens (tertiary/aromatic N) is 4. The van der Waals surface area contributed by atoms with Gasteiger partial charge in [0, 0.05) is 50.9 Å². The van der Waals surface area contributed by atoms with Gasteiger partial charge < -0.3 is 14.2 Å². The quantitative estimate of drug-likeness (QED) is 0.149. The number of ether oxygens (including phenoxy) is 1. The van der Waals surface area contributed by atoms with Gasteiger partial charge >= 0.3 is 0 Å². The maximum absolute atomic E-state index is 6.81. The van der Waals surface area contributed by atoms with E-state index in [-0.39, 0.29) is 0 Å². The minimum atomic E-state index is 0.559. The molecule has 0 bridgehead atoms. The molecule has 1 fully saturated rings. The van der Waals surface area contributed by atoms with Crippen LogP contribution in [0.2, 0.25) is 0 Å². The molecule has 3 atom stereocenters. The van der Waals surface area contributed by atoms with Crippen molar-refractivity contribution in [1.29, 1.82) is 0 Å². The summed E-state index contributed by atoms with van der Waals surface area (Å²) in [5.74, 6) is 4.61. The van der Waals surface area contributed by atoms with E-state index in [1.165, 1.54) is 56.2 Å². The molecule has 0 amide bonds. The number of allylic oxidation sites excluding steroid dienone is 2. The molecule has 2 aromatic heterocycles. The highest BCUT2D eigenvalue weighted by Gasteiger charge is 2.44. The molecule has 15 rings (SSSR count). The van der Waals surface area contributed by atoms with Crippen molar-refractivity contribution < 1.29 is 4.74 Å². The smallest absolute Gasteiger partial charge is 0.178 e. The van der Waals surface area contributed by atoms with E-state index < -0.39 is 0 Å². The molecule has 0 radical (unpaired) electrons. The maximum atomic E-state index is 6.81. The van der Waals surface area contributed by atoms with Gasteiger partial charge in [-0.25, -0.2) is 0 Å². The highest BCUT2D eigenvalue weighted by molar-refractivity contribution is 6.10. The van der Waals surface area contributed by atoms with Crippen LogP contribution in [-0.4, -0.2) is 9.13 Å². The lowest BCUT2D eigenvalue weighted by Gasteiger charge is -2.32. The highest BCUT2D eigenvalue weighted by atomic mass is 16.5. The first-order chi connectivity index (χ1) is 35.1. The lowest BCUT2D eigenvalue weighted by atomic mass is 9.89. The van der Waals surface area contributed by atoms with E-state index in [2.05, 4.69) is 250 Å². The zero-order valence-corrected chi connectivity index (χ0v) is 39.3. The molecule has 9 aromatic carbocycles. The third-order valence-corrected chi connectivity index (χ3v) is 15.5. The molecule has 1 aliphatic heterocycles. The second-order valence-corrected chi connectivity index (χ2v) is 19.8. The summed E-state index contributed by atoms with van der Waals surface area (Å²) in [6.07, 6.45) is 12.0. The Morgan fingerprint density at radius 2 is 1.14 bits per heavy atom. The van der Waals surface area contributed by atoms with Crippen LogP contribution in [0.15, 0.2) is 218 Å². The van der Waals surface area contributed by atoms with E-state index in [0.29, 0.717) is 17.8 Å². The first kappa shape index (κ1) is 40.1. The summed E-state index contributed by atoms with van der Waals surface area (Å²) in [4.78, 5) is 4.78. The van der Waals surface area contributed by atoms with Gasteiger partial charge in [0.2, 0.25) is 0 Å². The number of para-hydroxylation sites is 4. The van der Waals surface area contributed by atoms with Crippen molar-refractivity contribution in [3.8, 4) is 34.0 Å². The molecule has 1 saturated carbocycles. The van der Waals surface area contributed by atoms with Crippen LogP contribution < -0.4 is 14.5 Å². The number of hydrogen-bond acceptors (Lipinski definition) is 3. The number of fused-ring (bicyclic) bond motifs is 12. The van der Waals surface area contributed by atoms with Gasteiger partial charge in [-0.1, -0.05) is 128 Å². The van der Waals surface area contributed by atoms with E-state index in [1.54, 1.807) is 11.1 Å². The first-order valence-corrected chi connectivity index (χ1v) is 25.0. The fourth-order valence-electron chi connectivity index (χ4n) is 12.0. The van der Waals surface area contributed by atoms with E-state index in [1.807, 2.05) is 6.07 Å². The molecule has 71 heavy (non-hydrogen) atoms. The Bertz CT molecular complexity index is 3990. The Labute approximate surface area is 413 Å². The summed E-state index contributed by atoms with van der Waals surface area (Å²) >= 11 is 0. The number of hydrogen-bond donors (Lipinski definition) is 0. The SMILES string of the molecule is CC1C=Cc2c(c3c(n2-c2ccc(N(c4ccc(-c5ccccc5)cc4)c4ccc5c(ccc6cc(N7c8ccccc8Oc8c7n(-c7ccccc7)c7ccccc87)ccc65)c4)cc2)C=CC2CC32)C1. The van der Waals surface area contributed by atoms with Crippen molar-refractivity contribution in [1.82, 2.24) is 9.13 Å². The lowest BCUT2D eigenvalue weighted by molar-refractivity contribution is 0.481. The average Bonchev–Trinajstić information content (AvgIpc) is 4.06. The summed E-state index contributed by atoms with van der Waals surface area (Å²) in [6, 6.07) is 74.8. The lowest BCUT2D eigenvalue weighted by Crippen LogP contribution is -2.18. The predicted octanol–water partition coefficient (Wildman–Crippen LogP) is 17.8. The third-order valence-electron chi connectivity index (χ3n) is 15.5. The van der Waals surface area contributed by atoms with Crippen molar-refractivity contribution >= 4 is 78.9 Å². The van der Waals surface area contributed by atoms with Gasteiger partial charge in [-0.3, -0.25) is 9.47 Å². The zero-order valence-electron chi connectivity index (χ0n) is 39.3. The Balaban J connectivity index is 0.839. The summed E-state index contributed by atoms with van der Waals surface area (Å²) in [6.45, 7) is 2.35. The number of benzene rings is 9. The maximum Gasteiger partial charge on any atom is 0.178 e. The van der Waals surface area contributed by atoms with Crippen molar-refractivity contribution in [2.45, 2.75) is 25.7 Å². The van der Waals surface area contributed by atoms with Crippen molar-refractivity contribution in [3.05, 3.63) is 241 Å². The Morgan fingerprint density at radius 1 is 0.507 bits per heavy atom. The van der Waals surface area contributed by atoms with Gasteiger partial charge in [0.25, 0.3) is 0 Å². The molecule has 0 saturated heterocycles. The number of aromatic nitrogens is 2. The van der Waals surface area contributed by atoms with Crippen molar-refractivity contribution in [2.24, 2.45) is 11.8 Å². The van der Waals surface area contributed by atoms with Crippen LogP contribution in [0.25, 0.3) is 67.1 Å². The van der Waals surface area contributed by atoms with Crippen LogP contribution in [-0.2, 0) is 6.42 Å². The summed E-state index contributed by atoms with van der Waals surface area (Å²) in [7, 11) is 0. The molecular weight excluding hydrogens is 865 g/mol. The molecule has 11 aromatic rings. The molecule has 5 nitrogen and oxygen atoms in total. The number of anilines is 6. The number of rotatable bonds is 7. The van der Waals surface area contributed by atoms with Gasteiger partial charge in [-0.15, -0.1) is 0 Å². The fourth-order valence-corrected chi connectivity index (χ4v) is 12.0. The molecule has 3 heterocycles. The fraction of sp³-hybridized carbons (Fsp3) is 0.0909. The van der Waals surface area contributed by atoms with Crippen LogP contribution in [0, 0.1) is 11.8 Å². The monoisotopic (exact) mass is 912 g/mol. The highest BCUT2D eigenvalue weighted by Crippen LogP contribution is 2.57. The standard InChI is InChI=1S/C66H48N4O/c1-42-20-36-60-58(38-42)64-57-41-47(57)25-37-62(64)68(60)51-30-28-50(29-31-51)67(49-26-23-44(24-27-49)43-12-4-2-5-13-43)52-32-34-54-45(39-52)21-22-46-40-53(33-35-55(46)54)70-61-18-10-11-19-63(61)71-65-56-16-8-9-17-59(56)69(66(65)70)48-14-6-3-7-15-48/h2-37,39-40,42,47,57H,38,41H2,1H3. The van der Waals surface area contributed by atoms with E-state index in [4.69, 9.17) is 4.74 Å². The first-order valence-electron chi connectivity index (χ1n) is 25.0. The third kappa shape index (κ3) is 6.32. The molecule has 3 aliphatic carbocycles. The summed E-state index contributed by atoms with van der Waals surface area (Å²) in [5, 5.41) is 5.85. The van der Waals surface area contributed by atoms with Crippen LogP contribution >= 0.6 is 0 Å². The zero-order chi connectivity index (χ0) is 46.7. The second kappa shape index (κ2) is 15.6. The minimum absolute atomic E-state index is 0.559. The predicted molar refractivity (Wildman–Crippen MR) is 294 cm³/mol. The molecule has 338 valence electrons. The van der Waals surface area contributed by atoms with E-state index >= 15 is 0 Å². The van der Waals surface area contributed by atoms with Gasteiger partial charge in [-0.2, -0.15) is 0 Å². The Kier molecular flexibility index (Phi) is 8.82. The largest absolute Gasteiger partial charge is 0.451 e.